The van der Waals surface area contributed by atoms with Gasteiger partial charge in [-0.2, -0.15) is 0 Å². The molecule has 4 rings (SSSR count). The lowest BCUT2D eigenvalue weighted by molar-refractivity contribution is -0.384. The number of carbonyl (C=O) groups is 1. The average Bonchev–Trinajstić information content (AvgIpc) is 2.92. The summed E-state index contributed by atoms with van der Waals surface area (Å²) in [6.45, 7) is 2.52. The van der Waals surface area contributed by atoms with Crippen LogP contribution in [0.1, 0.15) is 20.3 Å². The lowest BCUT2D eigenvalue weighted by Crippen LogP contribution is -2.69. The summed E-state index contributed by atoms with van der Waals surface area (Å²) in [7, 11) is 1.37. The van der Waals surface area contributed by atoms with Gasteiger partial charge in [0.15, 0.2) is 18.9 Å². The van der Waals surface area contributed by atoms with Crippen molar-refractivity contribution in [3.63, 3.8) is 0 Å². The van der Waals surface area contributed by atoms with E-state index in [0.717, 1.165) is 0 Å². The zero-order chi connectivity index (χ0) is 29.1. The van der Waals surface area contributed by atoms with Crippen molar-refractivity contribution >= 4 is 5.91 Å². The summed E-state index contributed by atoms with van der Waals surface area (Å²) in [5.41, 5.74) is 0. The van der Waals surface area contributed by atoms with E-state index in [1.165, 1.54) is 21.0 Å². The second kappa shape index (κ2) is 13.9. The highest BCUT2D eigenvalue weighted by Gasteiger charge is 2.54. The molecule has 4 heterocycles. The Hall–Kier alpha value is -1.09. The highest BCUT2D eigenvalue weighted by atomic mass is 16.8. The molecule has 40 heavy (non-hydrogen) atoms. The van der Waals surface area contributed by atoms with E-state index >= 15 is 0 Å². The van der Waals surface area contributed by atoms with Crippen LogP contribution in [-0.2, 0) is 42.7 Å². The SMILES string of the molecule is CO[C@@H]1O[C@H](CO)[C@H]2O[C@@H]3O[C@H](COCCCO[C@@H]2[C@H]1NC(C)=O)[C@H](O)[C@H](O)[C@H]3O[C@@H]1O[C@@H](C)[C@@H](O)[C@@H](O)[C@@H]1O. The van der Waals surface area contributed by atoms with Crippen molar-refractivity contribution in [2.75, 3.05) is 33.5 Å². The Bertz CT molecular complexity index is 823. The summed E-state index contributed by atoms with van der Waals surface area (Å²) in [5, 5.41) is 65.6. The van der Waals surface area contributed by atoms with E-state index in [2.05, 4.69) is 5.32 Å². The highest BCUT2D eigenvalue weighted by molar-refractivity contribution is 5.73. The largest absolute Gasteiger partial charge is 0.394 e. The summed E-state index contributed by atoms with van der Waals surface area (Å²) in [6, 6.07) is -0.880. The molecule has 4 aliphatic rings. The number of aliphatic hydroxyl groups is 6. The summed E-state index contributed by atoms with van der Waals surface area (Å²) in [4.78, 5) is 12.0. The van der Waals surface area contributed by atoms with Gasteiger partial charge in [0.2, 0.25) is 5.91 Å². The first kappa shape index (κ1) is 31.8. The lowest BCUT2D eigenvalue weighted by atomic mass is 9.94. The van der Waals surface area contributed by atoms with Crippen LogP contribution in [0.15, 0.2) is 0 Å². The predicted octanol–water partition coefficient (Wildman–Crippen LogP) is -4.30. The summed E-state index contributed by atoms with van der Waals surface area (Å²) >= 11 is 0. The average molecular weight is 584 g/mol. The number of rotatable bonds is 5. The van der Waals surface area contributed by atoms with Crippen molar-refractivity contribution in [1.29, 1.82) is 0 Å². The molecule has 4 aliphatic heterocycles. The van der Waals surface area contributed by atoms with Crippen LogP contribution < -0.4 is 5.32 Å². The van der Waals surface area contributed by atoms with Crippen LogP contribution >= 0.6 is 0 Å². The molecule has 4 fully saturated rings. The van der Waals surface area contributed by atoms with Gasteiger partial charge in [0, 0.05) is 27.2 Å². The fourth-order valence-electron chi connectivity index (χ4n) is 5.32. The van der Waals surface area contributed by atoms with Crippen LogP contribution in [0.25, 0.3) is 0 Å². The first-order chi connectivity index (χ1) is 19.1. The van der Waals surface area contributed by atoms with E-state index in [0.29, 0.717) is 6.42 Å². The van der Waals surface area contributed by atoms with Gasteiger partial charge in [-0.25, -0.2) is 0 Å². The predicted molar refractivity (Wildman–Crippen MR) is 128 cm³/mol. The number of fused-ring (bicyclic) bond motifs is 3. The summed E-state index contributed by atoms with van der Waals surface area (Å²) in [5.74, 6) is -0.401. The van der Waals surface area contributed by atoms with Gasteiger partial charge >= 0.3 is 0 Å². The minimum absolute atomic E-state index is 0.108. The van der Waals surface area contributed by atoms with Crippen LogP contribution in [0.2, 0.25) is 0 Å². The number of hydrogen-bond acceptors (Lipinski definition) is 15. The summed E-state index contributed by atoms with van der Waals surface area (Å²) in [6.07, 6.45) is -18.1. The van der Waals surface area contributed by atoms with Crippen molar-refractivity contribution in [1.82, 2.24) is 5.32 Å². The molecule has 15 atom stereocenters. The normalized spacial score (nSPS) is 48.8. The zero-order valence-electron chi connectivity index (χ0n) is 22.6. The molecule has 232 valence electrons. The van der Waals surface area contributed by atoms with Gasteiger partial charge in [-0.1, -0.05) is 0 Å². The Morgan fingerprint density at radius 2 is 1.65 bits per heavy atom. The third-order valence-electron chi connectivity index (χ3n) is 7.49. The molecule has 16 heteroatoms. The number of aliphatic hydroxyl groups excluding tert-OH is 6. The molecule has 0 aromatic heterocycles. The lowest BCUT2D eigenvalue weighted by Gasteiger charge is -2.50. The van der Waals surface area contributed by atoms with Crippen LogP contribution in [0.4, 0.5) is 0 Å². The van der Waals surface area contributed by atoms with Crippen molar-refractivity contribution in [3.05, 3.63) is 0 Å². The Labute approximate surface area is 230 Å². The fourth-order valence-corrected chi connectivity index (χ4v) is 5.32. The van der Waals surface area contributed by atoms with Crippen molar-refractivity contribution in [2.24, 2.45) is 0 Å². The molecule has 4 saturated heterocycles. The molecule has 0 spiro atoms. The number of hydrogen-bond donors (Lipinski definition) is 7. The Morgan fingerprint density at radius 3 is 2.33 bits per heavy atom. The quantitative estimate of drug-likeness (QED) is 0.163. The van der Waals surface area contributed by atoms with Gasteiger partial charge < -0.3 is 73.9 Å². The fraction of sp³-hybridized carbons (Fsp3) is 0.958. The standard InChI is InChI=1S/C24H41NO15/c1-9-14(28)16(30)18(32)23(36-9)40-21-17(31)15(29)12-8-34-5-4-6-35-20-13(25-10(2)27)22(33-3)37-11(7-26)19(20)39-24(21)38-12/h9,11-24,26,28-32H,4-8H2,1-3H3,(H,25,27)/t9-,11+,12+,13+,14+,15-,16+,17-,18-,19+,20+,21+,22+,23-,24-/m0/s1. The smallest absolute Gasteiger partial charge is 0.217 e. The molecule has 2 bridgehead atoms. The van der Waals surface area contributed by atoms with E-state index in [9.17, 15) is 35.4 Å². The van der Waals surface area contributed by atoms with Gasteiger partial charge in [0.1, 0.15) is 67.1 Å². The Balaban J connectivity index is 1.66. The molecule has 0 aliphatic carbocycles. The van der Waals surface area contributed by atoms with Gasteiger partial charge in [-0.05, 0) is 13.3 Å². The highest BCUT2D eigenvalue weighted by Crippen LogP contribution is 2.34. The van der Waals surface area contributed by atoms with E-state index < -0.39 is 105 Å². The number of methoxy groups -OCH3 is 1. The molecule has 16 nitrogen and oxygen atoms in total. The minimum atomic E-state index is -1.71. The number of amides is 1. The second-order valence-corrected chi connectivity index (χ2v) is 10.4. The number of ether oxygens (including phenoxy) is 8. The molecular formula is C24H41NO15. The van der Waals surface area contributed by atoms with E-state index in [-0.39, 0.29) is 19.8 Å². The molecule has 0 aromatic carbocycles. The molecule has 0 unspecified atom stereocenters. The third-order valence-corrected chi connectivity index (χ3v) is 7.49. The monoisotopic (exact) mass is 583 g/mol. The Morgan fingerprint density at radius 1 is 0.900 bits per heavy atom. The van der Waals surface area contributed by atoms with Crippen molar-refractivity contribution in [2.45, 2.75) is 112 Å². The zero-order valence-corrected chi connectivity index (χ0v) is 22.6. The maximum absolute atomic E-state index is 12.0. The van der Waals surface area contributed by atoms with E-state index in [4.69, 9.17) is 37.9 Å². The minimum Gasteiger partial charge on any atom is -0.394 e. The first-order valence-corrected chi connectivity index (χ1v) is 13.3. The van der Waals surface area contributed by atoms with Crippen LogP contribution in [0.3, 0.4) is 0 Å². The maximum atomic E-state index is 12.0. The molecule has 0 aromatic rings. The Kier molecular flexibility index (Phi) is 11.1. The van der Waals surface area contributed by atoms with Gasteiger partial charge in [-0.3, -0.25) is 4.79 Å². The first-order valence-electron chi connectivity index (χ1n) is 13.3. The third kappa shape index (κ3) is 6.76. The van der Waals surface area contributed by atoms with Gasteiger partial charge in [0.25, 0.3) is 0 Å². The van der Waals surface area contributed by atoms with Gasteiger partial charge in [0.05, 0.1) is 19.3 Å². The molecule has 1 amide bonds. The maximum Gasteiger partial charge on any atom is 0.217 e. The summed E-state index contributed by atoms with van der Waals surface area (Å²) < 4.78 is 46.6. The van der Waals surface area contributed by atoms with Crippen LogP contribution in [0, 0.1) is 0 Å². The van der Waals surface area contributed by atoms with Gasteiger partial charge in [-0.15, -0.1) is 0 Å². The topological polar surface area (TPSA) is 224 Å². The van der Waals surface area contributed by atoms with Crippen LogP contribution in [-0.4, -0.2) is 162 Å². The van der Waals surface area contributed by atoms with E-state index in [1.54, 1.807) is 0 Å². The number of carbonyl (C=O) groups excluding carboxylic acids is 1. The van der Waals surface area contributed by atoms with Crippen LogP contribution in [0.5, 0.6) is 0 Å². The van der Waals surface area contributed by atoms with Crippen molar-refractivity contribution in [3.8, 4) is 0 Å². The molecular weight excluding hydrogens is 542 g/mol. The number of nitrogens with one attached hydrogen (secondary N) is 1. The van der Waals surface area contributed by atoms with E-state index in [1.807, 2.05) is 0 Å². The molecule has 7 N–H and O–H groups in total. The molecule has 0 saturated carbocycles. The van der Waals surface area contributed by atoms with Crippen molar-refractivity contribution < 1.29 is 73.3 Å². The molecule has 0 radical (unpaired) electrons. The second-order valence-electron chi connectivity index (χ2n) is 10.4.